The van der Waals surface area contributed by atoms with E-state index in [9.17, 15) is 27.7 Å². The van der Waals surface area contributed by atoms with Gasteiger partial charge in [-0.2, -0.15) is 4.31 Å². The van der Waals surface area contributed by atoms with Crippen molar-refractivity contribution in [2.75, 3.05) is 72.7 Å². The number of sulfonamides is 1. The van der Waals surface area contributed by atoms with Crippen LogP contribution in [-0.2, 0) is 55.8 Å². The summed E-state index contributed by atoms with van der Waals surface area (Å²) in [5.41, 5.74) is 1.57. The van der Waals surface area contributed by atoms with Crippen molar-refractivity contribution in [3.8, 4) is 17.2 Å². The Morgan fingerprint density at radius 3 is 2.29 bits per heavy atom. The summed E-state index contributed by atoms with van der Waals surface area (Å²) < 4.78 is 87.5. The van der Waals surface area contributed by atoms with Crippen molar-refractivity contribution in [3.63, 3.8) is 0 Å². The minimum absolute atomic E-state index is 0.0277. The van der Waals surface area contributed by atoms with Gasteiger partial charge in [0.2, 0.25) is 16.4 Å². The molecule has 62 heavy (non-hydrogen) atoms. The highest BCUT2D eigenvalue weighted by Gasteiger charge is 2.35. The summed E-state index contributed by atoms with van der Waals surface area (Å²) in [6, 6.07) is 18.7. The van der Waals surface area contributed by atoms with E-state index in [0.717, 1.165) is 18.7 Å². The van der Waals surface area contributed by atoms with Crippen molar-refractivity contribution in [2.45, 2.75) is 76.3 Å². The maximum absolute atomic E-state index is 14.3. The Morgan fingerprint density at radius 1 is 0.935 bits per heavy atom. The van der Waals surface area contributed by atoms with E-state index >= 15 is 0 Å². The first kappa shape index (κ1) is 48.8. The highest BCUT2D eigenvalue weighted by atomic mass is 32.2. The van der Waals surface area contributed by atoms with Gasteiger partial charge in [-0.3, -0.25) is 9.42 Å². The molecule has 2 heterocycles. The largest absolute Gasteiger partial charge is 0.497 e. The van der Waals surface area contributed by atoms with Crippen LogP contribution >= 0.6 is 7.60 Å². The van der Waals surface area contributed by atoms with Crippen molar-refractivity contribution in [1.82, 2.24) is 14.5 Å². The van der Waals surface area contributed by atoms with Crippen LogP contribution < -0.4 is 19.3 Å². The second-order valence-electron chi connectivity index (χ2n) is 15.5. The molecule has 2 saturated heterocycles. The predicted octanol–water partition coefficient (Wildman–Crippen LogP) is 5.24. The molecule has 0 aliphatic carbocycles. The molecule has 0 saturated carbocycles. The average molecular weight is 906 g/mol. The Kier molecular flexibility index (Phi) is 18.4. The normalized spacial score (nSPS) is 18.4. The molecular formula is C43H60N3O14PS. The number of carbonyl (C=O) groups excluding carboxylic acids is 2. The van der Waals surface area contributed by atoms with Crippen LogP contribution in [0.4, 0.5) is 4.79 Å². The van der Waals surface area contributed by atoms with Gasteiger partial charge in [0.1, 0.15) is 23.4 Å². The van der Waals surface area contributed by atoms with Crippen LogP contribution in [0.1, 0.15) is 45.2 Å². The molecule has 1 amide bonds. The molecule has 0 aromatic heterocycles. The molecule has 0 bridgehead atoms. The van der Waals surface area contributed by atoms with Crippen LogP contribution in [0.2, 0.25) is 0 Å². The standard InChI is InChI=1S/C43H60N3O14PS/c1-6-56-42(48)32(4)59-61(50,60-37-9-7-8-34(24-37)27-45-19-22-54-23-20-45)30-57-36-12-10-33(11-13-36)25-40(44-43(49)58-38-18-21-55-29-38)41(47)28-46(26-31(2)3)62(51,52)39-16-14-35(53-5)15-17-39/h7-17,24,31-32,38,40-41,47H,6,18-23,25-30H2,1-5H3,(H,44,49)/t32-,38+,40-,41+,61?/m0/s1. The van der Waals surface area contributed by atoms with Gasteiger partial charge >= 0.3 is 19.7 Å². The van der Waals surface area contributed by atoms with E-state index in [-0.39, 0.29) is 55.0 Å². The highest BCUT2D eigenvalue weighted by molar-refractivity contribution is 7.89. The van der Waals surface area contributed by atoms with Gasteiger partial charge in [0.05, 0.1) is 57.2 Å². The smallest absolute Gasteiger partial charge is 0.417 e. The summed E-state index contributed by atoms with van der Waals surface area (Å²) in [4.78, 5) is 27.9. The zero-order valence-electron chi connectivity index (χ0n) is 36.0. The van der Waals surface area contributed by atoms with Gasteiger partial charge in [0.25, 0.3) is 0 Å². The summed E-state index contributed by atoms with van der Waals surface area (Å²) in [5.74, 6) is 0.246. The second-order valence-corrected chi connectivity index (χ2v) is 19.3. The fraction of sp³-hybridized carbons (Fsp3) is 0.535. The molecule has 2 fully saturated rings. The van der Waals surface area contributed by atoms with E-state index in [0.29, 0.717) is 44.1 Å². The van der Waals surface area contributed by atoms with Crippen molar-refractivity contribution < 1.29 is 65.1 Å². The number of nitrogens with one attached hydrogen (secondary N) is 1. The Bertz CT molecular complexity index is 2030. The molecule has 2 aliphatic heterocycles. The quantitative estimate of drug-likeness (QED) is 0.0925. The van der Waals surface area contributed by atoms with Crippen molar-refractivity contribution in [2.24, 2.45) is 5.92 Å². The van der Waals surface area contributed by atoms with E-state index in [1.807, 2.05) is 19.9 Å². The summed E-state index contributed by atoms with van der Waals surface area (Å²) >= 11 is 0. The molecule has 1 unspecified atom stereocenters. The number of nitrogens with zero attached hydrogens (tertiary/aromatic N) is 2. The van der Waals surface area contributed by atoms with Crippen LogP contribution in [0.25, 0.3) is 0 Å². The van der Waals surface area contributed by atoms with E-state index in [1.165, 1.54) is 30.5 Å². The van der Waals surface area contributed by atoms with Gasteiger partial charge in [-0.15, -0.1) is 0 Å². The third-order valence-corrected chi connectivity index (χ3v) is 13.4. The molecule has 0 radical (unpaired) electrons. The van der Waals surface area contributed by atoms with Crippen LogP contribution in [0.3, 0.4) is 0 Å². The molecule has 3 aromatic carbocycles. The van der Waals surface area contributed by atoms with E-state index < -0.39 is 60.4 Å². The van der Waals surface area contributed by atoms with Gasteiger partial charge in [-0.1, -0.05) is 38.1 Å². The molecule has 19 heteroatoms. The SMILES string of the molecule is CCOC(=O)[C@H](C)OP(=O)(COc1ccc(C[C@H](NC(=O)O[C@@H]2CCOC2)[C@H](O)CN(CC(C)C)S(=O)(=O)c2ccc(OC)cc2)cc1)Oc1cccc(CN2CCOCC2)c1. The first-order valence-corrected chi connectivity index (χ1v) is 23.9. The third-order valence-electron chi connectivity index (χ3n) is 9.94. The Morgan fingerprint density at radius 2 is 1.65 bits per heavy atom. The minimum Gasteiger partial charge on any atom is -0.497 e. The summed E-state index contributed by atoms with van der Waals surface area (Å²) in [6.07, 6.45) is -3.81. The number of carbonyl (C=O) groups is 2. The maximum Gasteiger partial charge on any atom is 0.417 e. The lowest BCUT2D eigenvalue weighted by Crippen LogP contribution is -2.51. The number of hydrogen-bond donors (Lipinski definition) is 2. The number of methoxy groups -OCH3 is 1. The van der Waals surface area contributed by atoms with Gasteiger partial charge in [-0.25, -0.2) is 22.6 Å². The van der Waals surface area contributed by atoms with E-state index in [2.05, 4.69) is 10.2 Å². The summed E-state index contributed by atoms with van der Waals surface area (Å²) in [5, 5.41) is 14.5. The Labute approximate surface area is 364 Å². The second kappa shape index (κ2) is 23.4. The monoisotopic (exact) mass is 905 g/mol. The molecule has 3 aromatic rings. The Hall–Kier alpha value is -4.26. The highest BCUT2D eigenvalue weighted by Crippen LogP contribution is 2.50. The zero-order chi connectivity index (χ0) is 44.7. The fourth-order valence-corrected chi connectivity index (χ4v) is 9.85. The first-order valence-electron chi connectivity index (χ1n) is 20.8. The lowest BCUT2D eigenvalue weighted by atomic mass is 10.0. The van der Waals surface area contributed by atoms with Gasteiger partial charge in [0, 0.05) is 39.1 Å². The number of morpholine rings is 1. The van der Waals surface area contributed by atoms with Crippen LogP contribution in [0.5, 0.6) is 17.2 Å². The molecule has 5 rings (SSSR count). The van der Waals surface area contributed by atoms with Gasteiger partial charge < -0.3 is 43.4 Å². The van der Waals surface area contributed by atoms with Gasteiger partial charge in [0.15, 0.2) is 6.10 Å². The lowest BCUT2D eigenvalue weighted by Gasteiger charge is -2.30. The molecule has 17 nitrogen and oxygen atoms in total. The van der Waals surface area contributed by atoms with Crippen molar-refractivity contribution in [1.29, 1.82) is 0 Å². The molecular weight excluding hydrogens is 846 g/mol. The average Bonchev–Trinajstić information content (AvgIpc) is 3.76. The number of aliphatic hydroxyl groups is 1. The molecule has 2 aliphatic rings. The fourth-order valence-electron chi connectivity index (χ4n) is 6.77. The molecule has 342 valence electrons. The number of aliphatic hydroxyl groups excluding tert-OH is 1. The van der Waals surface area contributed by atoms with E-state index in [1.54, 1.807) is 61.5 Å². The molecule has 0 spiro atoms. The third kappa shape index (κ3) is 14.9. The lowest BCUT2D eigenvalue weighted by molar-refractivity contribution is -0.150. The van der Waals surface area contributed by atoms with Crippen molar-refractivity contribution >= 4 is 29.7 Å². The van der Waals surface area contributed by atoms with Crippen LogP contribution in [-0.4, -0.2) is 132 Å². The van der Waals surface area contributed by atoms with E-state index in [4.69, 9.17) is 37.5 Å². The van der Waals surface area contributed by atoms with Crippen molar-refractivity contribution in [3.05, 3.63) is 83.9 Å². The number of amides is 1. The summed E-state index contributed by atoms with van der Waals surface area (Å²) in [6.45, 7) is 10.9. The number of hydrogen-bond acceptors (Lipinski definition) is 15. The predicted molar refractivity (Wildman–Crippen MR) is 229 cm³/mol. The number of esters is 1. The Balaban J connectivity index is 1.31. The zero-order valence-corrected chi connectivity index (χ0v) is 37.7. The topological polar surface area (TPSA) is 198 Å². The van der Waals surface area contributed by atoms with Gasteiger partial charge in [-0.05, 0) is 85.8 Å². The van der Waals surface area contributed by atoms with Crippen LogP contribution in [0.15, 0.2) is 77.7 Å². The maximum atomic E-state index is 14.3. The molecule has 2 N–H and O–H groups in total. The summed E-state index contributed by atoms with van der Waals surface area (Å²) in [7, 11) is -6.75. The number of rotatable bonds is 23. The minimum atomic E-state index is -4.16. The first-order chi connectivity index (χ1) is 29.7. The molecule has 5 atom stereocenters. The van der Waals surface area contributed by atoms with Crippen LogP contribution in [0, 0.1) is 5.92 Å². The number of alkyl carbamates (subject to hydrolysis) is 1. The number of ether oxygens (including phenoxy) is 6. The number of benzene rings is 3.